The highest BCUT2D eigenvalue weighted by atomic mass is 19.1. The first-order valence-corrected chi connectivity index (χ1v) is 11.4. The number of nitrogens with zero attached hydrogens (tertiary/aromatic N) is 4. The lowest BCUT2D eigenvalue weighted by atomic mass is 9.99. The summed E-state index contributed by atoms with van der Waals surface area (Å²) in [6.45, 7) is 2.42. The van der Waals surface area contributed by atoms with E-state index < -0.39 is 18.2 Å². The number of amides is 1. The number of halogens is 1. The van der Waals surface area contributed by atoms with Gasteiger partial charge in [-0.15, -0.1) is 0 Å². The van der Waals surface area contributed by atoms with E-state index in [-0.39, 0.29) is 29.5 Å². The molecule has 0 fully saturated rings. The SMILES string of the molecule is [2H]C1([2H])c2ncccc2C(=O)N1Cc1ccc(-c2ccc(OCCOC(C)C)c3nn(C)cc23)cc1F. The molecular weight excluding hydrogens is 447 g/mol. The number of pyridine rings is 1. The quantitative estimate of drug-likeness (QED) is 0.344. The number of aromatic nitrogens is 3. The van der Waals surface area contributed by atoms with E-state index in [0.717, 1.165) is 15.8 Å². The number of fused-ring (bicyclic) bond motifs is 2. The van der Waals surface area contributed by atoms with Gasteiger partial charge in [0.25, 0.3) is 5.91 Å². The summed E-state index contributed by atoms with van der Waals surface area (Å²) in [4.78, 5) is 17.9. The zero-order chi connectivity index (χ0) is 26.3. The van der Waals surface area contributed by atoms with E-state index in [2.05, 4.69) is 10.1 Å². The zero-order valence-electron chi connectivity index (χ0n) is 21.8. The Hall–Kier alpha value is -3.78. The summed E-state index contributed by atoms with van der Waals surface area (Å²) in [7, 11) is 1.81. The lowest BCUT2D eigenvalue weighted by Gasteiger charge is -2.16. The number of carbonyl (C=O) groups is 1. The van der Waals surface area contributed by atoms with Crippen LogP contribution in [0.1, 0.15) is 38.2 Å². The Morgan fingerprint density at radius 1 is 1.17 bits per heavy atom. The predicted octanol–water partition coefficient (Wildman–Crippen LogP) is 4.73. The van der Waals surface area contributed by atoms with Crippen molar-refractivity contribution in [1.82, 2.24) is 19.7 Å². The van der Waals surface area contributed by atoms with Crippen LogP contribution in [0.2, 0.25) is 0 Å². The van der Waals surface area contributed by atoms with E-state index in [1.165, 1.54) is 18.3 Å². The van der Waals surface area contributed by atoms with Crippen molar-refractivity contribution in [3.05, 3.63) is 77.5 Å². The summed E-state index contributed by atoms with van der Waals surface area (Å²) in [5, 5.41) is 5.34. The molecule has 0 saturated heterocycles. The molecule has 8 heteroatoms. The van der Waals surface area contributed by atoms with Gasteiger partial charge in [-0.1, -0.05) is 12.1 Å². The van der Waals surface area contributed by atoms with Crippen molar-refractivity contribution in [3.8, 4) is 16.9 Å². The number of ether oxygens (including phenoxy) is 2. The third-order valence-electron chi connectivity index (χ3n) is 5.76. The Morgan fingerprint density at radius 3 is 2.80 bits per heavy atom. The van der Waals surface area contributed by atoms with Crippen LogP contribution >= 0.6 is 0 Å². The summed E-state index contributed by atoms with van der Waals surface area (Å²) in [6.07, 6.45) is 3.42. The van der Waals surface area contributed by atoms with Crippen molar-refractivity contribution in [1.29, 1.82) is 0 Å². The molecule has 0 radical (unpaired) electrons. The van der Waals surface area contributed by atoms with Gasteiger partial charge in [0.2, 0.25) is 0 Å². The number of benzene rings is 2. The second kappa shape index (κ2) is 9.46. The third kappa shape index (κ3) is 4.61. The van der Waals surface area contributed by atoms with Gasteiger partial charge in [0.15, 0.2) is 0 Å². The molecule has 1 aliphatic rings. The molecule has 180 valence electrons. The third-order valence-corrected chi connectivity index (χ3v) is 5.76. The molecule has 0 bridgehead atoms. The van der Waals surface area contributed by atoms with Crippen LogP contribution < -0.4 is 4.74 Å². The molecule has 0 N–H and O–H groups in total. The van der Waals surface area contributed by atoms with Crippen molar-refractivity contribution >= 4 is 16.8 Å². The van der Waals surface area contributed by atoms with Crippen LogP contribution in [0.4, 0.5) is 4.39 Å². The standard InChI is InChI=1S/C27H27FN4O3/c1-17(2)34-11-12-35-25-9-8-20(22-15-31(3)30-26(22)25)18-6-7-19(23(28)13-18)14-32-16-24-21(27(32)33)5-4-10-29-24/h4-10,13,15,17H,11-12,14,16H2,1-3H3/i16D2. The number of aryl methyl sites for hydroxylation is 1. The van der Waals surface area contributed by atoms with E-state index in [4.69, 9.17) is 12.2 Å². The molecule has 0 aliphatic carbocycles. The maximum absolute atomic E-state index is 15.3. The van der Waals surface area contributed by atoms with E-state index in [1.807, 2.05) is 39.2 Å². The Balaban J connectivity index is 1.41. The molecule has 0 atom stereocenters. The van der Waals surface area contributed by atoms with Gasteiger partial charge in [0, 0.05) is 36.9 Å². The van der Waals surface area contributed by atoms with Gasteiger partial charge < -0.3 is 14.4 Å². The fourth-order valence-corrected chi connectivity index (χ4v) is 4.11. The van der Waals surface area contributed by atoms with Crippen LogP contribution in [0.15, 0.2) is 54.9 Å². The number of hydrogen-bond acceptors (Lipinski definition) is 5. The zero-order valence-corrected chi connectivity index (χ0v) is 19.8. The van der Waals surface area contributed by atoms with E-state index in [9.17, 15) is 4.79 Å². The Morgan fingerprint density at radius 2 is 2.03 bits per heavy atom. The largest absolute Gasteiger partial charge is 0.489 e. The lowest BCUT2D eigenvalue weighted by molar-refractivity contribution is 0.0555. The topological polar surface area (TPSA) is 69.5 Å². The van der Waals surface area contributed by atoms with E-state index in [1.54, 1.807) is 22.9 Å². The van der Waals surface area contributed by atoms with E-state index >= 15 is 4.39 Å². The van der Waals surface area contributed by atoms with Crippen molar-refractivity contribution in [2.24, 2.45) is 7.05 Å². The fourth-order valence-electron chi connectivity index (χ4n) is 4.11. The molecule has 1 amide bonds. The average Bonchev–Trinajstić information content (AvgIpc) is 3.34. The second-order valence-corrected chi connectivity index (χ2v) is 8.65. The minimum atomic E-state index is -2.13. The van der Waals surface area contributed by atoms with Gasteiger partial charge in [-0.25, -0.2) is 4.39 Å². The van der Waals surface area contributed by atoms with Gasteiger partial charge in [-0.2, -0.15) is 5.10 Å². The van der Waals surface area contributed by atoms with Crippen LogP contribution in [-0.4, -0.2) is 44.9 Å². The molecular formula is C27H27FN4O3. The van der Waals surface area contributed by atoms with Crippen molar-refractivity contribution in [3.63, 3.8) is 0 Å². The summed E-state index contributed by atoms with van der Waals surface area (Å²) in [5.41, 5.74) is 2.53. The van der Waals surface area contributed by atoms with Crippen LogP contribution in [-0.2, 0) is 24.8 Å². The first-order chi connectivity index (χ1) is 17.7. The molecule has 0 unspecified atom stereocenters. The molecule has 2 aromatic heterocycles. The smallest absolute Gasteiger partial charge is 0.256 e. The van der Waals surface area contributed by atoms with Gasteiger partial charge in [-0.3, -0.25) is 14.5 Å². The molecule has 7 nitrogen and oxygen atoms in total. The molecule has 0 saturated carbocycles. The van der Waals surface area contributed by atoms with Gasteiger partial charge in [0.05, 0.1) is 33.2 Å². The summed E-state index contributed by atoms with van der Waals surface area (Å²) in [5.74, 6) is -0.428. The van der Waals surface area contributed by atoms with Gasteiger partial charge >= 0.3 is 0 Å². The van der Waals surface area contributed by atoms with Crippen molar-refractivity contribution in [2.45, 2.75) is 33.0 Å². The molecule has 35 heavy (non-hydrogen) atoms. The first kappa shape index (κ1) is 20.6. The Bertz CT molecular complexity index is 1490. The van der Waals surface area contributed by atoms with Crippen LogP contribution in [0.25, 0.3) is 22.0 Å². The number of carbonyl (C=O) groups excluding carboxylic acids is 1. The predicted molar refractivity (Wildman–Crippen MR) is 131 cm³/mol. The molecule has 2 aromatic carbocycles. The molecule has 5 rings (SSSR count). The maximum atomic E-state index is 15.3. The van der Waals surface area contributed by atoms with Crippen molar-refractivity contribution in [2.75, 3.05) is 13.2 Å². The molecule has 3 heterocycles. The van der Waals surface area contributed by atoms with Crippen LogP contribution in [0, 0.1) is 5.82 Å². The molecule has 4 aromatic rings. The normalized spacial score (nSPS) is 15.5. The fraction of sp³-hybridized carbons (Fsp3) is 0.296. The lowest BCUT2D eigenvalue weighted by Crippen LogP contribution is -2.23. The Kier molecular flexibility index (Phi) is 5.56. The van der Waals surface area contributed by atoms with Crippen LogP contribution in [0.5, 0.6) is 5.75 Å². The number of rotatable bonds is 8. The minimum Gasteiger partial charge on any atom is -0.489 e. The van der Waals surface area contributed by atoms with E-state index in [0.29, 0.717) is 30.0 Å². The highest BCUT2D eigenvalue weighted by molar-refractivity contribution is 5.98. The maximum Gasteiger partial charge on any atom is 0.256 e. The van der Waals surface area contributed by atoms with Crippen LogP contribution in [0.3, 0.4) is 0 Å². The first-order valence-electron chi connectivity index (χ1n) is 12.4. The average molecular weight is 477 g/mol. The monoisotopic (exact) mass is 476 g/mol. The Labute approximate surface area is 205 Å². The molecule has 0 spiro atoms. The highest BCUT2D eigenvalue weighted by Gasteiger charge is 2.28. The summed E-state index contributed by atoms with van der Waals surface area (Å²) in [6, 6.07) is 11.5. The summed E-state index contributed by atoms with van der Waals surface area (Å²) < 4.78 is 45.2. The van der Waals surface area contributed by atoms with Gasteiger partial charge in [-0.05, 0) is 55.3 Å². The minimum absolute atomic E-state index is 0.0501. The second-order valence-electron chi connectivity index (χ2n) is 8.65. The van der Waals surface area contributed by atoms with Crippen molar-refractivity contribution < 1.29 is 21.4 Å². The van der Waals surface area contributed by atoms with Gasteiger partial charge in [0.1, 0.15) is 23.7 Å². The highest BCUT2D eigenvalue weighted by Crippen LogP contribution is 2.35. The summed E-state index contributed by atoms with van der Waals surface area (Å²) >= 11 is 0. The number of hydrogen-bond donors (Lipinski definition) is 0. The molecule has 1 aliphatic heterocycles.